The molecule has 0 atom stereocenters. The third kappa shape index (κ3) is 2.61. The fourth-order valence-electron chi connectivity index (χ4n) is 2.66. The number of hydrogen-bond acceptors (Lipinski definition) is 6. The largest absolute Gasteiger partial charge is 0.294 e. The Labute approximate surface area is 146 Å². The van der Waals surface area contributed by atoms with Gasteiger partial charge in [-0.05, 0) is 43.7 Å². The molecule has 8 heteroatoms. The maximum absolute atomic E-state index is 11.3. The van der Waals surface area contributed by atoms with E-state index in [9.17, 15) is 13.0 Å². The summed E-state index contributed by atoms with van der Waals surface area (Å²) in [5, 5.41) is 1.84. The predicted molar refractivity (Wildman–Crippen MR) is 97.5 cm³/mol. The Morgan fingerprint density at radius 1 is 0.958 bits per heavy atom. The molecular formula is C16H12N2O3S3. The zero-order valence-corrected chi connectivity index (χ0v) is 15.2. The van der Waals surface area contributed by atoms with Crippen molar-refractivity contribution in [3.05, 3.63) is 40.9 Å². The van der Waals surface area contributed by atoms with Crippen molar-refractivity contribution in [2.45, 2.75) is 18.7 Å². The lowest BCUT2D eigenvalue weighted by molar-refractivity contribution is 0.482. The van der Waals surface area contributed by atoms with E-state index in [-0.39, 0.29) is 4.90 Å². The summed E-state index contributed by atoms with van der Waals surface area (Å²) in [5.74, 6) is 0. The maximum atomic E-state index is 11.3. The Hall–Kier alpha value is -1.87. The Kier molecular flexibility index (Phi) is 3.47. The summed E-state index contributed by atoms with van der Waals surface area (Å²) < 4.78 is 34.0. The lowest BCUT2D eigenvalue weighted by Crippen LogP contribution is -2.00. The van der Waals surface area contributed by atoms with Gasteiger partial charge < -0.3 is 0 Å². The summed E-state index contributed by atoms with van der Waals surface area (Å²) in [6.07, 6.45) is 0. The van der Waals surface area contributed by atoms with E-state index in [0.717, 1.165) is 36.0 Å². The van der Waals surface area contributed by atoms with Crippen LogP contribution in [0.1, 0.15) is 10.6 Å². The zero-order chi connectivity index (χ0) is 17.1. The number of thiazole rings is 2. The van der Waals surface area contributed by atoms with E-state index in [1.54, 1.807) is 30.4 Å². The van der Waals surface area contributed by atoms with Gasteiger partial charge in [-0.2, -0.15) is 8.42 Å². The second-order valence-electron chi connectivity index (χ2n) is 5.49. The Morgan fingerprint density at radius 2 is 1.62 bits per heavy atom. The lowest BCUT2D eigenvalue weighted by atomic mass is 10.1. The minimum atomic E-state index is -4.20. The van der Waals surface area contributed by atoms with Crippen molar-refractivity contribution in [3.8, 4) is 10.6 Å². The molecule has 0 amide bonds. The van der Waals surface area contributed by atoms with Crippen LogP contribution in [0.4, 0.5) is 0 Å². The van der Waals surface area contributed by atoms with Crippen molar-refractivity contribution < 1.29 is 13.0 Å². The van der Waals surface area contributed by atoms with E-state index in [2.05, 4.69) is 9.97 Å². The molecule has 0 radical (unpaired) electrons. The summed E-state index contributed by atoms with van der Waals surface area (Å²) >= 11 is 3.18. The summed E-state index contributed by atoms with van der Waals surface area (Å²) in [7, 11) is -4.20. The topological polar surface area (TPSA) is 80.2 Å². The van der Waals surface area contributed by atoms with E-state index in [4.69, 9.17) is 0 Å². The first-order valence-electron chi connectivity index (χ1n) is 7.07. The van der Waals surface area contributed by atoms with Gasteiger partial charge in [-0.25, -0.2) is 9.97 Å². The summed E-state index contributed by atoms with van der Waals surface area (Å²) in [4.78, 5) is 9.09. The van der Waals surface area contributed by atoms with Crippen LogP contribution in [-0.2, 0) is 10.1 Å². The van der Waals surface area contributed by atoms with Gasteiger partial charge in [-0.1, -0.05) is 6.07 Å². The standard InChI is InChI=1S/C16H12N2O3S3/c1-8-5-10(3-4-15(8)24(19,20)21)16-18-12-7-13-11(6-14(12)23-16)17-9(2)22-13/h3-7H,1-2H3,(H,19,20,21). The van der Waals surface area contributed by atoms with E-state index in [0.29, 0.717) is 5.56 Å². The molecule has 4 aromatic rings. The van der Waals surface area contributed by atoms with Crippen LogP contribution in [0.2, 0.25) is 0 Å². The van der Waals surface area contributed by atoms with Crippen molar-refractivity contribution in [2.75, 3.05) is 0 Å². The molecule has 24 heavy (non-hydrogen) atoms. The molecule has 0 aliphatic carbocycles. The van der Waals surface area contributed by atoms with E-state index < -0.39 is 10.1 Å². The molecule has 0 spiro atoms. The molecule has 5 nitrogen and oxygen atoms in total. The van der Waals surface area contributed by atoms with Gasteiger partial charge in [0.15, 0.2) is 0 Å². The lowest BCUT2D eigenvalue weighted by Gasteiger charge is -2.04. The van der Waals surface area contributed by atoms with Crippen LogP contribution in [0.5, 0.6) is 0 Å². The third-order valence-corrected chi connectivity index (χ3v) is 6.72. The quantitative estimate of drug-likeness (QED) is 0.523. The van der Waals surface area contributed by atoms with Crippen molar-refractivity contribution >= 4 is 53.2 Å². The maximum Gasteiger partial charge on any atom is 0.294 e. The highest BCUT2D eigenvalue weighted by Crippen LogP contribution is 2.35. The first-order valence-corrected chi connectivity index (χ1v) is 10.1. The van der Waals surface area contributed by atoms with Crippen molar-refractivity contribution in [1.29, 1.82) is 0 Å². The van der Waals surface area contributed by atoms with Crippen LogP contribution in [0, 0.1) is 13.8 Å². The molecule has 0 aliphatic heterocycles. The molecule has 0 unspecified atom stereocenters. The number of aromatic nitrogens is 2. The van der Waals surface area contributed by atoms with E-state index in [1.807, 2.05) is 19.1 Å². The fraction of sp³-hybridized carbons (Fsp3) is 0.125. The Bertz CT molecular complexity index is 1160. The molecule has 122 valence electrons. The van der Waals surface area contributed by atoms with Gasteiger partial charge >= 0.3 is 0 Å². The number of nitrogens with zero attached hydrogens (tertiary/aromatic N) is 2. The van der Waals surface area contributed by atoms with Gasteiger partial charge in [0.2, 0.25) is 0 Å². The van der Waals surface area contributed by atoms with Crippen LogP contribution >= 0.6 is 22.7 Å². The Morgan fingerprint density at radius 3 is 2.29 bits per heavy atom. The first kappa shape index (κ1) is 15.6. The SMILES string of the molecule is Cc1nc2cc3sc(-c4ccc(S(=O)(=O)O)c(C)c4)nc3cc2s1. The highest BCUT2D eigenvalue weighted by molar-refractivity contribution is 7.85. The zero-order valence-electron chi connectivity index (χ0n) is 12.8. The van der Waals surface area contributed by atoms with Gasteiger partial charge in [-0.15, -0.1) is 22.7 Å². The molecule has 0 saturated carbocycles. The fourth-order valence-corrected chi connectivity index (χ4v) is 5.18. The second kappa shape index (κ2) is 5.32. The average molecular weight is 376 g/mol. The van der Waals surface area contributed by atoms with E-state index >= 15 is 0 Å². The normalized spacial score (nSPS) is 12.3. The number of benzene rings is 2. The monoisotopic (exact) mass is 376 g/mol. The molecule has 0 saturated heterocycles. The number of rotatable bonds is 2. The van der Waals surface area contributed by atoms with Crippen molar-refractivity contribution in [3.63, 3.8) is 0 Å². The number of fused-ring (bicyclic) bond motifs is 2. The second-order valence-corrected chi connectivity index (χ2v) is 9.15. The third-order valence-electron chi connectivity index (χ3n) is 3.70. The molecular weight excluding hydrogens is 364 g/mol. The molecule has 2 aromatic heterocycles. The smallest absolute Gasteiger partial charge is 0.282 e. The highest BCUT2D eigenvalue weighted by atomic mass is 32.2. The molecule has 2 aromatic carbocycles. The van der Waals surface area contributed by atoms with Gasteiger partial charge in [0, 0.05) is 5.56 Å². The minimum absolute atomic E-state index is 0.0763. The van der Waals surface area contributed by atoms with Gasteiger partial charge in [0.05, 0.1) is 30.3 Å². The van der Waals surface area contributed by atoms with Crippen LogP contribution in [0.15, 0.2) is 35.2 Å². The molecule has 0 fully saturated rings. The molecule has 2 heterocycles. The summed E-state index contributed by atoms with van der Waals surface area (Å²) in [6.45, 7) is 3.64. The van der Waals surface area contributed by atoms with Crippen molar-refractivity contribution in [1.82, 2.24) is 9.97 Å². The minimum Gasteiger partial charge on any atom is -0.282 e. The van der Waals surface area contributed by atoms with Gasteiger partial charge in [0.1, 0.15) is 5.01 Å². The first-order chi connectivity index (χ1) is 11.3. The Balaban J connectivity index is 1.85. The van der Waals surface area contributed by atoms with E-state index in [1.165, 1.54) is 17.4 Å². The average Bonchev–Trinajstić information content (AvgIpc) is 3.04. The molecule has 0 aliphatic rings. The number of aryl methyl sites for hydroxylation is 2. The molecule has 1 N–H and O–H groups in total. The summed E-state index contributed by atoms with van der Waals surface area (Å²) in [6, 6.07) is 8.88. The van der Waals surface area contributed by atoms with Crippen molar-refractivity contribution in [2.24, 2.45) is 0 Å². The van der Waals surface area contributed by atoms with Gasteiger partial charge in [-0.3, -0.25) is 4.55 Å². The molecule has 4 rings (SSSR count). The van der Waals surface area contributed by atoms with Crippen LogP contribution in [0.3, 0.4) is 0 Å². The van der Waals surface area contributed by atoms with Crippen LogP contribution in [-0.4, -0.2) is 22.9 Å². The van der Waals surface area contributed by atoms with Crippen LogP contribution in [0.25, 0.3) is 31.0 Å². The number of hydrogen-bond donors (Lipinski definition) is 1. The van der Waals surface area contributed by atoms with Gasteiger partial charge in [0.25, 0.3) is 10.1 Å². The highest BCUT2D eigenvalue weighted by Gasteiger charge is 2.15. The molecule has 0 bridgehead atoms. The predicted octanol–water partition coefficient (Wildman–Crippen LogP) is 4.44. The summed E-state index contributed by atoms with van der Waals surface area (Å²) in [5.41, 5.74) is 3.20. The van der Waals surface area contributed by atoms with Crippen LogP contribution < -0.4 is 0 Å².